The Morgan fingerprint density at radius 3 is 2.74 bits per heavy atom. The van der Waals surface area contributed by atoms with Gasteiger partial charge in [0.1, 0.15) is 5.82 Å². The molecule has 1 N–H and O–H groups in total. The summed E-state index contributed by atoms with van der Waals surface area (Å²) in [5.41, 5.74) is 5.30. The highest BCUT2D eigenvalue weighted by Crippen LogP contribution is 2.27. The molecular formula is C14H12FN3S. The lowest BCUT2D eigenvalue weighted by molar-refractivity contribution is 0.364. The summed E-state index contributed by atoms with van der Waals surface area (Å²) in [6.07, 6.45) is 1.82. The van der Waals surface area contributed by atoms with Gasteiger partial charge in [0.15, 0.2) is 0 Å². The minimum absolute atomic E-state index is 0.219. The topological polar surface area (TPSA) is 27.6 Å². The number of hydrogen-bond donors (Lipinski definition) is 1. The molecule has 0 saturated carbocycles. The van der Waals surface area contributed by atoms with E-state index in [1.54, 1.807) is 16.7 Å². The highest BCUT2D eigenvalue weighted by atomic mass is 32.2. The Morgan fingerprint density at radius 1 is 1.11 bits per heavy atom. The van der Waals surface area contributed by atoms with Crippen LogP contribution in [0.25, 0.3) is 0 Å². The third-order valence-electron chi connectivity index (χ3n) is 2.74. The van der Waals surface area contributed by atoms with Gasteiger partial charge in [-0.05, 0) is 23.8 Å². The molecule has 96 valence electrons. The Kier molecular flexibility index (Phi) is 3.48. The van der Waals surface area contributed by atoms with Crippen LogP contribution in [0, 0.1) is 5.82 Å². The predicted molar refractivity (Wildman–Crippen MR) is 75.0 cm³/mol. The summed E-state index contributed by atoms with van der Waals surface area (Å²) in [5.74, 6) is -0.219. The van der Waals surface area contributed by atoms with Crippen LogP contribution in [-0.2, 0) is 6.54 Å². The van der Waals surface area contributed by atoms with E-state index in [2.05, 4.69) is 16.6 Å². The summed E-state index contributed by atoms with van der Waals surface area (Å²) >= 11 is 1.53. The molecule has 0 saturated heterocycles. The Hall–Kier alpha value is -1.85. The predicted octanol–water partition coefficient (Wildman–Crippen LogP) is 3.19. The lowest BCUT2D eigenvalue weighted by Crippen LogP contribution is -2.28. The van der Waals surface area contributed by atoms with Gasteiger partial charge in [-0.2, -0.15) is 9.62 Å². The van der Waals surface area contributed by atoms with Crippen molar-refractivity contribution in [1.29, 1.82) is 0 Å². The Balaban J connectivity index is 1.62. The lowest BCUT2D eigenvalue weighted by atomic mass is 10.2. The normalized spacial score (nSPS) is 13.4. The second-order valence-corrected chi connectivity index (χ2v) is 5.08. The zero-order chi connectivity index (χ0) is 13.1. The van der Waals surface area contributed by atoms with Crippen molar-refractivity contribution in [2.24, 2.45) is 5.10 Å². The van der Waals surface area contributed by atoms with Crippen molar-refractivity contribution in [3.8, 4) is 0 Å². The second kappa shape index (κ2) is 5.42. The summed E-state index contributed by atoms with van der Waals surface area (Å²) in [6, 6.07) is 14.5. The molecule has 3 nitrogen and oxygen atoms in total. The number of fused-ring (bicyclic) bond motifs is 1. The molecule has 0 radical (unpaired) electrons. The molecule has 0 unspecified atom stereocenters. The number of hydrogen-bond acceptors (Lipinski definition) is 4. The van der Waals surface area contributed by atoms with Crippen molar-refractivity contribution in [3.05, 3.63) is 65.5 Å². The molecule has 2 aromatic carbocycles. The molecule has 19 heavy (non-hydrogen) atoms. The van der Waals surface area contributed by atoms with Gasteiger partial charge in [0.05, 0.1) is 6.21 Å². The summed E-state index contributed by atoms with van der Waals surface area (Å²) in [5, 5.41) is 4.29. The molecule has 5 heteroatoms. The number of nitrogens with zero attached hydrogens (tertiary/aromatic N) is 2. The fourth-order valence-electron chi connectivity index (χ4n) is 1.74. The Bertz CT molecular complexity index is 598. The van der Waals surface area contributed by atoms with Gasteiger partial charge in [-0.25, -0.2) is 9.82 Å². The molecular weight excluding hydrogens is 261 g/mol. The minimum Gasteiger partial charge on any atom is -0.207 e. The lowest BCUT2D eigenvalue weighted by Gasteiger charge is -2.22. The number of rotatable bonds is 3. The summed E-state index contributed by atoms with van der Waals surface area (Å²) < 4.78 is 14.5. The van der Waals surface area contributed by atoms with E-state index in [1.165, 1.54) is 24.1 Å². The minimum atomic E-state index is -0.219. The third-order valence-corrected chi connectivity index (χ3v) is 3.70. The largest absolute Gasteiger partial charge is 0.207 e. The number of hydrazine groups is 1. The van der Waals surface area contributed by atoms with Gasteiger partial charge in [0.2, 0.25) is 0 Å². The third kappa shape index (κ3) is 2.94. The Labute approximate surface area is 115 Å². The average molecular weight is 273 g/mol. The summed E-state index contributed by atoms with van der Waals surface area (Å²) in [4.78, 5) is 1.16. The average Bonchev–Trinajstić information content (AvgIpc) is 2.46. The molecule has 1 aliphatic heterocycles. The standard InChI is InChI=1S/C14H12FN3S/c15-13-7-5-11(6-8-13)9-16-18-17-10-12-3-1-2-4-14(12)19-18/h1-8,10,16H,9H2. The fraction of sp³-hybridized carbons (Fsp3) is 0.0714. The van der Waals surface area contributed by atoms with E-state index in [0.717, 1.165) is 16.0 Å². The van der Waals surface area contributed by atoms with Crippen LogP contribution in [0.5, 0.6) is 0 Å². The number of hydrazone groups is 1. The van der Waals surface area contributed by atoms with Crippen LogP contribution in [0.2, 0.25) is 0 Å². The monoisotopic (exact) mass is 273 g/mol. The smallest absolute Gasteiger partial charge is 0.123 e. The molecule has 2 aromatic rings. The van der Waals surface area contributed by atoms with Crippen molar-refractivity contribution in [1.82, 2.24) is 9.95 Å². The molecule has 1 heterocycles. The SMILES string of the molecule is Fc1ccc(CNN2N=Cc3ccccc3S2)cc1. The summed E-state index contributed by atoms with van der Waals surface area (Å²) in [6.45, 7) is 0.604. The van der Waals surface area contributed by atoms with E-state index < -0.39 is 0 Å². The molecule has 0 fully saturated rings. The van der Waals surface area contributed by atoms with Crippen molar-refractivity contribution in [2.45, 2.75) is 11.4 Å². The van der Waals surface area contributed by atoms with Gasteiger partial charge < -0.3 is 0 Å². The van der Waals surface area contributed by atoms with Gasteiger partial charge in [-0.1, -0.05) is 30.3 Å². The first-order chi connectivity index (χ1) is 9.31. The maximum Gasteiger partial charge on any atom is 0.123 e. The van der Waals surface area contributed by atoms with Crippen LogP contribution in [-0.4, -0.2) is 10.7 Å². The molecule has 0 bridgehead atoms. The zero-order valence-electron chi connectivity index (χ0n) is 10.1. The maximum absolute atomic E-state index is 12.8. The van der Waals surface area contributed by atoms with Crippen LogP contribution in [0.15, 0.2) is 58.5 Å². The van der Waals surface area contributed by atoms with Crippen LogP contribution in [0.1, 0.15) is 11.1 Å². The highest BCUT2D eigenvalue weighted by Gasteiger charge is 2.11. The zero-order valence-corrected chi connectivity index (χ0v) is 10.9. The first-order valence-electron chi connectivity index (χ1n) is 5.90. The van der Waals surface area contributed by atoms with Crippen LogP contribution >= 0.6 is 11.9 Å². The van der Waals surface area contributed by atoms with Gasteiger partial charge >= 0.3 is 0 Å². The van der Waals surface area contributed by atoms with E-state index in [9.17, 15) is 4.39 Å². The molecule has 0 spiro atoms. The van der Waals surface area contributed by atoms with Crippen LogP contribution < -0.4 is 5.43 Å². The van der Waals surface area contributed by atoms with E-state index in [-0.39, 0.29) is 5.82 Å². The van der Waals surface area contributed by atoms with Gasteiger partial charge in [-0.3, -0.25) is 0 Å². The molecule has 1 aliphatic rings. The first-order valence-corrected chi connectivity index (χ1v) is 6.68. The summed E-state index contributed by atoms with van der Waals surface area (Å²) in [7, 11) is 0. The molecule has 0 amide bonds. The Morgan fingerprint density at radius 2 is 1.89 bits per heavy atom. The first kappa shape index (κ1) is 12.2. The van der Waals surface area contributed by atoms with Crippen molar-refractivity contribution in [2.75, 3.05) is 0 Å². The molecule has 3 rings (SSSR count). The molecule has 0 atom stereocenters. The molecule has 0 aromatic heterocycles. The van der Waals surface area contributed by atoms with Crippen LogP contribution in [0.4, 0.5) is 4.39 Å². The van der Waals surface area contributed by atoms with E-state index in [0.29, 0.717) is 6.54 Å². The van der Waals surface area contributed by atoms with Gasteiger partial charge in [0.25, 0.3) is 0 Å². The van der Waals surface area contributed by atoms with Gasteiger partial charge in [-0.15, -0.1) is 0 Å². The van der Waals surface area contributed by atoms with E-state index in [1.807, 2.05) is 24.4 Å². The quantitative estimate of drug-likeness (QED) is 0.870. The number of nitrogens with one attached hydrogen (secondary N) is 1. The second-order valence-electron chi connectivity index (χ2n) is 4.11. The van der Waals surface area contributed by atoms with Crippen molar-refractivity contribution < 1.29 is 4.39 Å². The number of halogens is 1. The fourth-order valence-corrected chi connectivity index (χ4v) is 2.51. The maximum atomic E-state index is 12.8. The van der Waals surface area contributed by atoms with Gasteiger partial charge in [0, 0.05) is 29.0 Å². The van der Waals surface area contributed by atoms with E-state index in [4.69, 9.17) is 0 Å². The molecule has 0 aliphatic carbocycles. The van der Waals surface area contributed by atoms with Crippen molar-refractivity contribution >= 4 is 18.2 Å². The van der Waals surface area contributed by atoms with Crippen LogP contribution in [0.3, 0.4) is 0 Å². The highest BCUT2D eigenvalue weighted by molar-refractivity contribution is 7.97. The number of benzene rings is 2. The van der Waals surface area contributed by atoms with Crippen molar-refractivity contribution in [3.63, 3.8) is 0 Å². The van der Waals surface area contributed by atoms with E-state index >= 15 is 0 Å².